The molecule has 7 heteroatoms. The van der Waals surface area contributed by atoms with Crippen LogP contribution in [-0.4, -0.2) is 36.4 Å². The minimum absolute atomic E-state index is 0.00620. The first-order valence-electron chi connectivity index (χ1n) is 8.17. The van der Waals surface area contributed by atoms with Crippen LogP contribution in [0.15, 0.2) is 18.3 Å². The van der Waals surface area contributed by atoms with E-state index in [1.54, 1.807) is 12.3 Å². The Morgan fingerprint density at radius 3 is 2.74 bits per heavy atom. The molecule has 3 atom stereocenters. The van der Waals surface area contributed by atoms with E-state index in [9.17, 15) is 13.2 Å². The molecule has 128 valence electrons. The van der Waals surface area contributed by atoms with Gasteiger partial charge < -0.3 is 15.4 Å². The molecule has 1 saturated carbocycles. The Kier molecular flexibility index (Phi) is 4.94. The normalized spacial score (nSPS) is 28.0. The summed E-state index contributed by atoms with van der Waals surface area (Å²) in [6.45, 7) is -0.217. The Bertz CT molecular complexity index is 500. The van der Waals surface area contributed by atoms with Crippen molar-refractivity contribution in [3.05, 3.63) is 18.3 Å². The summed E-state index contributed by atoms with van der Waals surface area (Å²) >= 11 is 0. The smallest absolute Gasteiger partial charge is 0.422 e. The molecular weight excluding hydrogens is 307 g/mol. The van der Waals surface area contributed by atoms with E-state index in [1.165, 1.54) is 31.7 Å². The maximum Gasteiger partial charge on any atom is 0.422 e. The van der Waals surface area contributed by atoms with E-state index >= 15 is 0 Å². The molecule has 2 N–H and O–H groups in total. The summed E-state index contributed by atoms with van der Waals surface area (Å²) in [6.07, 6.45) is 3.21. The van der Waals surface area contributed by atoms with Crippen LogP contribution in [0.1, 0.15) is 32.1 Å². The molecule has 0 amide bonds. The van der Waals surface area contributed by atoms with Crippen LogP contribution in [0.4, 0.5) is 18.9 Å². The van der Waals surface area contributed by atoms with Gasteiger partial charge in [0.25, 0.3) is 0 Å². The topological polar surface area (TPSA) is 46.2 Å². The molecule has 0 aromatic carbocycles. The van der Waals surface area contributed by atoms with Crippen LogP contribution in [0.5, 0.6) is 5.88 Å². The van der Waals surface area contributed by atoms with Crippen molar-refractivity contribution >= 4 is 5.69 Å². The number of aromatic nitrogens is 1. The van der Waals surface area contributed by atoms with Crippen LogP contribution in [-0.2, 0) is 0 Å². The molecule has 0 radical (unpaired) electrons. The molecule has 3 unspecified atom stereocenters. The molecule has 23 heavy (non-hydrogen) atoms. The average Bonchev–Trinajstić information content (AvgIpc) is 3.16. The molecule has 0 bridgehead atoms. The first-order chi connectivity index (χ1) is 11.0. The van der Waals surface area contributed by atoms with E-state index in [4.69, 9.17) is 0 Å². The second kappa shape index (κ2) is 6.95. The summed E-state index contributed by atoms with van der Waals surface area (Å²) in [5.41, 5.74) is 0.833. The van der Waals surface area contributed by atoms with Crippen molar-refractivity contribution in [2.45, 2.75) is 50.4 Å². The van der Waals surface area contributed by atoms with Gasteiger partial charge in [-0.2, -0.15) is 13.2 Å². The predicted molar refractivity (Wildman–Crippen MR) is 81.6 cm³/mol. The van der Waals surface area contributed by atoms with E-state index in [0.717, 1.165) is 18.7 Å². The van der Waals surface area contributed by atoms with Crippen LogP contribution in [0, 0.1) is 5.92 Å². The van der Waals surface area contributed by atoms with Crippen molar-refractivity contribution in [3.8, 4) is 5.88 Å². The zero-order valence-corrected chi connectivity index (χ0v) is 12.9. The summed E-state index contributed by atoms with van der Waals surface area (Å²) in [4.78, 5) is 3.95. The fourth-order valence-corrected chi connectivity index (χ4v) is 3.65. The molecule has 1 aliphatic carbocycles. The van der Waals surface area contributed by atoms with Gasteiger partial charge in [-0.25, -0.2) is 4.98 Å². The standard InChI is InChI=1S/C16H22F3N3O/c17-16(18,19)10-23-15-7-6-11(9-21-15)22-14-4-1-3-12(14)13-5-2-8-20-13/h6-7,9,12-14,20,22H,1-5,8,10H2. The molecule has 1 saturated heterocycles. The fourth-order valence-electron chi connectivity index (χ4n) is 3.65. The molecule has 2 fully saturated rings. The van der Waals surface area contributed by atoms with Gasteiger partial charge in [0.05, 0.1) is 11.9 Å². The maximum atomic E-state index is 12.1. The second-order valence-corrected chi connectivity index (χ2v) is 6.34. The number of ether oxygens (including phenoxy) is 1. The van der Waals surface area contributed by atoms with E-state index in [1.807, 2.05) is 0 Å². The number of hydrogen-bond acceptors (Lipinski definition) is 4. The Labute approximate surface area is 133 Å². The maximum absolute atomic E-state index is 12.1. The van der Waals surface area contributed by atoms with Gasteiger partial charge in [0.2, 0.25) is 5.88 Å². The Hall–Kier alpha value is -1.50. The number of nitrogens with one attached hydrogen (secondary N) is 2. The van der Waals surface area contributed by atoms with Crippen LogP contribution < -0.4 is 15.4 Å². The van der Waals surface area contributed by atoms with E-state index in [-0.39, 0.29) is 5.88 Å². The molecule has 1 aromatic rings. The van der Waals surface area contributed by atoms with Crippen LogP contribution >= 0.6 is 0 Å². The number of rotatable bonds is 5. The minimum atomic E-state index is -4.34. The number of pyridine rings is 1. The average molecular weight is 329 g/mol. The number of halogens is 3. The highest BCUT2D eigenvalue weighted by Crippen LogP contribution is 2.34. The third-order valence-corrected chi connectivity index (χ3v) is 4.66. The van der Waals surface area contributed by atoms with Gasteiger partial charge in [0.1, 0.15) is 0 Å². The first-order valence-corrected chi connectivity index (χ1v) is 8.17. The Morgan fingerprint density at radius 2 is 2.09 bits per heavy atom. The number of anilines is 1. The molecule has 4 nitrogen and oxygen atoms in total. The van der Waals surface area contributed by atoms with Crippen molar-refractivity contribution in [1.29, 1.82) is 0 Å². The summed E-state index contributed by atoms with van der Waals surface area (Å²) in [6, 6.07) is 4.19. The van der Waals surface area contributed by atoms with Gasteiger partial charge in [0.15, 0.2) is 6.61 Å². The predicted octanol–water partition coefficient (Wildman–Crippen LogP) is 3.36. The van der Waals surface area contributed by atoms with Crippen molar-refractivity contribution in [1.82, 2.24) is 10.3 Å². The third-order valence-electron chi connectivity index (χ3n) is 4.66. The number of alkyl halides is 3. The summed E-state index contributed by atoms with van der Waals surface area (Å²) < 4.78 is 41.0. The van der Waals surface area contributed by atoms with E-state index < -0.39 is 12.8 Å². The third kappa shape index (κ3) is 4.50. The van der Waals surface area contributed by atoms with Crippen LogP contribution in [0.3, 0.4) is 0 Å². The number of nitrogens with zero attached hydrogens (tertiary/aromatic N) is 1. The summed E-state index contributed by atoms with van der Waals surface area (Å²) in [5, 5.41) is 7.06. The Balaban J connectivity index is 1.55. The van der Waals surface area contributed by atoms with Crippen molar-refractivity contribution in [2.75, 3.05) is 18.5 Å². The lowest BCUT2D eigenvalue weighted by Crippen LogP contribution is -2.38. The molecule has 1 aliphatic heterocycles. The second-order valence-electron chi connectivity index (χ2n) is 6.34. The molecule has 0 spiro atoms. The molecule has 2 aliphatic rings. The zero-order valence-electron chi connectivity index (χ0n) is 12.9. The lowest BCUT2D eigenvalue weighted by Gasteiger charge is -2.27. The van der Waals surface area contributed by atoms with Gasteiger partial charge in [-0.15, -0.1) is 0 Å². The lowest BCUT2D eigenvalue weighted by atomic mass is 9.93. The van der Waals surface area contributed by atoms with Gasteiger partial charge in [-0.3, -0.25) is 0 Å². The lowest BCUT2D eigenvalue weighted by molar-refractivity contribution is -0.154. The van der Waals surface area contributed by atoms with Crippen LogP contribution in [0.25, 0.3) is 0 Å². The highest BCUT2D eigenvalue weighted by molar-refractivity contribution is 5.43. The minimum Gasteiger partial charge on any atom is -0.468 e. The fraction of sp³-hybridized carbons (Fsp3) is 0.688. The SMILES string of the molecule is FC(F)(F)COc1ccc(NC2CCCC2C2CCCN2)cn1. The van der Waals surface area contributed by atoms with Crippen molar-refractivity contribution < 1.29 is 17.9 Å². The van der Waals surface area contributed by atoms with E-state index in [2.05, 4.69) is 20.4 Å². The molecular formula is C16H22F3N3O. The monoisotopic (exact) mass is 329 g/mol. The number of hydrogen-bond donors (Lipinski definition) is 2. The molecule has 3 rings (SSSR count). The van der Waals surface area contributed by atoms with Gasteiger partial charge >= 0.3 is 6.18 Å². The van der Waals surface area contributed by atoms with Gasteiger partial charge in [-0.1, -0.05) is 6.42 Å². The summed E-state index contributed by atoms with van der Waals surface area (Å²) in [7, 11) is 0. The van der Waals surface area contributed by atoms with E-state index in [0.29, 0.717) is 18.0 Å². The van der Waals surface area contributed by atoms with Crippen molar-refractivity contribution in [2.24, 2.45) is 5.92 Å². The molecule has 1 aromatic heterocycles. The first kappa shape index (κ1) is 16.4. The largest absolute Gasteiger partial charge is 0.468 e. The van der Waals surface area contributed by atoms with Crippen molar-refractivity contribution in [3.63, 3.8) is 0 Å². The highest BCUT2D eigenvalue weighted by Gasteiger charge is 2.35. The summed E-state index contributed by atoms with van der Waals surface area (Å²) in [5.74, 6) is 0.604. The van der Waals surface area contributed by atoms with Crippen LogP contribution in [0.2, 0.25) is 0 Å². The Morgan fingerprint density at radius 1 is 1.22 bits per heavy atom. The zero-order chi connectivity index (χ0) is 16.3. The highest BCUT2D eigenvalue weighted by atomic mass is 19.4. The quantitative estimate of drug-likeness (QED) is 0.870. The van der Waals surface area contributed by atoms with Gasteiger partial charge in [-0.05, 0) is 44.2 Å². The van der Waals surface area contributed by atoms with Gasteiger partial charge in [0, 0.05) is 18.2 Å². The molecule has 2 heterocycles.